The molecule has 4 aromatic carbocycles. The van der Waals surface area contributed by atoms with Gasteiger partial charge in [0, 0.05) is 16.1 Å². The second-order valence-corrected chi connectivity index (χ2v) is 8.41. The van der Waals surface area contributed by atoms with Gasteiger partial charge in [0.1, 0.15) is 11.5 Å². The summed E-state index contributed by atoms with van der Waals surface area (Å²) in [7, 11) is 1.55. The van der Waals surface area contributed by atoms with Gasteiger partial charge in [-0.3, -0.25) is 4.79 Å². The lowest BCUT2D eigenvalue weighted by Crippen LogP contribution is -2.20. The molecule has 0 amide bonds. The summed E-state index contributed by atoms with van der Waals surface area (Å²) >= 11 is 6.06. The number of benzene rings is 4. The van der Waals surface area contributed by atoms with Crippen molar-refractivity contribution in [2.75, 3.05) is 7.11 Å². The first-order valence-corrected chi connectivity index (χ1v) is 11.7. The Bertz CT molecular complexity index is 1680. The molecule has 5 aromatic rings. The predicted octanol–water partition coefficient (Wildman–Crippen LogP) is 5.83. The Morgan fingerprint density at radius 3 is 2.38 bits per heavy atom. The maximum Gasteiger partial charge on any atom is 0.343 e. The molecule has 0 aliphatic rings. The summed E-state index contributed by atoms with van der Waals surface area (Å²) in [6.07, 6.45) is 1.47. The molecule has 182 valence electrons. The molecule has 8 heteroatoms. The van der Waals surface area contributed by atoms with Crippen LogP contribution >= 0.6 is 11.6 Å². The number of esters is 1. The summed E-state index contributed by atoms with van der Waals surface area (Å²) in [6, 6.07) is 27.6. The maximum atomic E-state index is 13.4. The van der Waals surface area contributed by atoms with Crippen molar-refractivity contribution in [2.24, 2.45) is 5.10 Å². The minimum atomic E-state index is -0.533. The average molecular weight is 510 g/mol. The lowest BCUT2D eigenvalue weighted by molar-refractivity contribution is 0.0734. The zero-order chi connectivity index (χ0) is 25.8. The fourth-order valence-corrected chi connectivity index (χ4v) is 3.83. The van der Waals surface area contributed by atoms with Crippen molar-refractivity contribution < 1.29 is 14.3 Å². The van der Waals surface area contributed by atoms with Crippen LogP contribution in [-0.4, -0.2) is 29.0 Å². The van der Waals surface area contributed by atoms with E-state index >= 15 is 0 Å². The Morgan fingerprint density at radius 1 is 0.919 bits per heavy atom. The van der Waals surface area contributed by atoms with Crippen LogP contribution in [0, 0.1) is 0 Å². The SMILES string of the molecule is COc1ccc(C(=O)Oc2ccccc2C=Nn2c(-c3ccc(Cl)cc3)nc3ccccc3c2=O)cc1. The van der Waals surface area contributed by atoms with Gasteiger partial charge in [-0.15, -0.1) is 0 Å². The molecule has 37 heavy (non-hydrogen) atoms. The molecule has 0 aliphatic heterocycles. The van der Waals surface area contributed by atoms with Crippen LogP contribution in [-0.2, 0) is 0 Å². The number of hydrogen-bond acceptors (Lipinski definition) is 6. The number of aromatic nitrogens is 2. The number of nitrogens with zero attached hydrogens (tertiary/aromatic N) is 3. The largest absolute Gasteiger partial charge is 0.497 e. The average Bonchev–Trinajstić information content (AvgIpc) is 2.93. The zero-order valence-electron chi connectivity index (χ0n) is 19.7. The fourth-order valence-electron chi connectivity index (χ4n) is 3.70. The summed E-state index contributed by atoms with van der Waals surface area (Å²) in [5.41, 5.74) is 1.76. The van der Waals surface area contributed by atoms with Crippen LogP contribution in [0.25, 0.3) is 22.3 Å². The minimum absolute atomic E-state index is 0.293. The highest BCUT2D eigenvalue weighted by Gasteiger charge is 2.14. The van der Waals surface area contributed by atoms with E-state index in [1.807, 2.05) is 6.07 Å². The summed E-state index contributed by atoms with van der Waals surface area (Å²) in [5.74, 6) is 0.746. The van der Waals surface area contributed by atoms with E-state index in [1.54, 1.807) is 98.1 Å². The van der Waals surface area contributed by atoms with E-state index < -0.39 is 5.97 Å². The molecule has 5 rings (SSSR count). The molecule has 1 heterocycles. The third-order valence-corrected chi connectivity index (χ3v) is 5.87. The van der Waals surface area contributed by atoms with Gasteiger partial charge in [0.2, 0.25) is 0 Å². The van der Waals surface area contributed by atoms with E-state index in [-0.39, 0.29) is 5.56 Å². The van der Waals surface area contributed by atoms with Gasteiger partial charge in [-0.1, -0.05) is 35.9 Å². The quantitative estimate of drug-likeness (QED) is 0.163. The summed E-state index contributed by atoms with van der Waals surface area (Å²) in [6.45, 7) is 0. The normalized spacial score (nSPS) is 11.1. The monoisotopic (exact) mass is 509 g/mol. The highest BCUT2D eigenvalue weighted by Crippen LogP contribution is 2.22. The first-order valence-electron chi connectivity index (χ1n) is 11.3. The Balaban J connectivity index is 1.54. The number of hydrogen-bond donors (Lipinski definition) is 0. The van der Waals surface area contributed by atoms with Crippen LogP contribution < -0.4 is 15.0 Å². The zero-order valence-corrected chi connectivity index (χ0v) is 20.4. The van der Waals surface area contributed by atoms with Crippen LogP contribution in [0.2, 0.25) is 5.02 Å². The topological polar surface area (TPSA) is 82.8 Å². The summed E-state index contributed by atoms with van der Waals surface area (Å²) in [5, 5.41) is 5.46. The van der Waals surface area contributed by atoms with E-state index in [0.717, 1.165) is 0 Å². The molecule has 0 saturated carbocycles. The first-order chi connectivity index (χ1) is 18.0. The number of halogens is 1. The van der Waals surface area contributed by atoms with Crippen LogP contribution in [0.4, 0.5) is 0 Å². The van der Waals surface area contributed by atoms with E-state index in [1.165, 1.54) is 10.9 Å². The fraction of sp³-hybridized carbons (Fsp3) is 0.0345. The van der Waals surface area contributed by atoms with E-state index in [4.69, 9.17) is 21.1 Å². The lowest BCUT2D eigenvalue weighted by Gasteiger charge is -2.10. The van der Waals surface area contributed by atoms with Crippen LogP contribution in [0.5, 0.6) is 11.5 Å². The van der Waals surface area contributed by atoms with Crippen molar-refractivity contribution in [1.82, 2.24) is 9.66 Å². The number of carbonyl (C=O) groups excluding carboxylic acids is 1. The number of fused-ring (bicyclic) bond motifs is 1. The van der Waals surface area contributed by atoms with E-state index in [0.29, 0.717) is 49.9 Å². The van der Waals surface area contributed by atoms with Gasteiger partial charge in [-0.2, -0.15) is 9.78 Å². The van der Waals surface area contributed by atoms with Gasteiger partial charge in [0.05, 0.1) is 29.8 Å². The molecule has 0 radical (unpaired) electrons. The van der Waals surface area contributed by atoms with Crippen molar-refractivity contribution in [2.45, 2.75) is 0 Å². The van der Waals surface area contributed by atoms with Crippen LogP contribution in [0.15, 0.2) is 107 Å². The third kappa shape index (κ3) is 5.12. The van der Waals surface area contributed by atoms with Gasteiger partial charge < -0.3 is 9.47 Å². The van der Waals surface area contributed by atoms with Gasteiger partial charge in [0.25, 0.3) is 5.56 Å². The first kappa shape index (κ1) is 24.0. The van der Waals surface area contributed by atoms with Gasteiger partial charge in [0.15, 0.2) is 5.82 Å². The number of methoxy groups -OCH3 is 1. The number of ether oxygens (including phenoxy) is 2. The molecule has 0 atom stereocenters. The highest BCUT2D eigenvalue weighted by atomic mass is 35.5. The Kier molecular flexibility index (Phi) is 6.78. The number of rotatable bonds is 6. The lowest BCUT2D eigenvalue weighted by atomic mass is 10.2. The molecule has 7 nitrogen and oxygen atoms in total. The van der Waals surface area contributed by atoms with Crippen molar-refractivity contribution in [3.63, 3.8) is 0 Å². The second-order valence-electron chi connectivity index (χ2n) is 7.98. The van der Waals surface area contributed by atoms with E-state index in [2.05, 4.69) is 10.1 Å². The molecule has 0 N–H and O–H groups in total. The molecule has 0 saturated heterocycles. The molecule has 0 aliphatic carbocycles. The molecule has 0 bridgehead atoms. The molecule has 0 fully saturated rings. The van der Waals surface area contributed by atoms with Crippen molar-refractivity contribution in [1.29, 1.82) is 0 Å². The Morgan fingerprint density at radius 2 is 1.62 bits per heavy atom. The summed E-state index contributed by atoms with van der Waals surface area (Å²) < 4.78 is 12.0. The van der Waals surface area contributed by atoms with Gasteiger partial charge in [-0.25, -0.2) is 9.78 Å². The second kappa shape index (κ2) is 10.5. The standard InChI is InChI=1S/C29H20ClN3O4/c1-36-23-16-12-20(13-17-23)29(35)37-26-9-5-2-6-21(26)18-31-33-27(19-10-14-22(30)15-11-19)32-25-8-4-3-7-24(25)28(33)34/h2-18H,1H3. The molecule has 0 unspecified atom stereocenters. The van der Waals surface area contributed by atoms with Crippen molar-refractivity contribution in [3.8, 4) is 22.9 Å². The maximum absolute atomic E-state index is 13.4. The summed E-state index contributed by atoms with van der Waals surface area (Å²) in [4.78, 5) is 30.8. The van der Waals surface area contributed by atoms with Gasteiger partial charge >= 0.3 is 5.97 Å². The Hall–Kier alpha value is -4.75. The number of para-hydroxylation sites is 2. The minimum Gasteiger partial charge on any atom is -0.497 e. The molecular formula is C29H20ClN3O4. The molecular weight excluding hydrogens is 490 g/mol. The smallest absolute Gasteiger partial charge is 0.343 e. The molecule has 1 aromatic heterocycles. The molecule has 0 spiro atoms. The third-order valence-electron chi connectivity index (χ3n) is 5.62. The van der Waals surface area contributed by atoms with Crippen LogP contribution in [0.1, 0.15) is 15.9 Å². The van der Waals surface area contributed by atoms with E-state index in [9.17, 15) is 9.59 Å². The highest BCUT2D eigenvalue weighted by molar-refractivity contribution is 6.30. The van der Waals surface area contributed by atoms with Crippen molar-refractivity contribution in [3.05, 3.63) is 124 Å². The number of carbonyl (C=O) groups is 1. The van der Waals surface area contributed by atoms with Crippen molar-refractivity contribution >= 4 is 34.7 Å². The Labute approximate surface area is 217 Å². The van der Waals surface area contributed by atoms with Gasteiger partial charge in [-0.05, 0) is 72.8 Å². The van der Waals surface area contributed by atoms with Crippen LogP contribution in [0.3, 0.4) is 0 Å². The predicted molar refractivity (Wildman–Crippen MR) is 144 cm³/mol.